The lowest BCUT2D eigenvalue weighted by Crippen LogP contribution is -1.95. The molecule has 4 heteroatoms. The van der Waals surface area contributed by atoms with Crippen molar-refractivity contribution in [1.82, 2.24) is 9.78 Å². The maximum Gasteiger partial charge on any atom is 0.0726 e. The van der Waals surface area contributed by atoms with E-state index in [9.17, 15) is 5.11 Å². The van der Waals surface area contributed by atoms with Crippen molar-refractivity contribution in [1.29, 1.82) is 0 Å². The molecule has 1 aromatic heterocycles. The summed E-state index contributed by atoms with van der Waals surface area (Å²) in [5.74, 6) is 0. The molecule has 0 unspecified atom stereocenters. The Kier molecular flexibility index (Phi) is 3.50. The van der Waals surface area contributed by atoms with Crippen LogP contribution in [-0.4, -0.2) is 14.9 Å². The van der Waals surface area contributed by atoms with Gasteiger partial charge < -0.3 is 5.11 Å². The van der Waals surface area contributed by atoms with Gasteiger partial charge in [0.1, 0.15) is 0 Å². The number of aliphatic hydroxyl groups excluding tert-OH is 1. The van der Waals surface area contributed by atoms with Crippen molar-refractivity contribution in [2.75, 3.05) is 0 Å². The van der Waals surface area contributed by atoms with Gasteiger partial charge >= 0.3 is 0 Å². The van der Waals surface area contributed by atoms with E-state index in [1.54, 1.807) is 4.68 Å². The lowest BCUT2D eigenvalue weighted by molar-refractivity contribution is 0.280. The van der Waals surface area contributed by atoms with Crippen molar-refractivity contribution < 1.29 is 5.11 Å². The summed E-state index contributed by atoms with van der Waals surface area (Å²) in [6, 6.07) is 7.69. The Balaban J connectivity index is 2.29. The molecule has 2 rings (SSSR count). The van der Waals surface area contributed by atoms with Gasteiger partial charge in [-0.15, -0.1) is 0 Å². The zero-order valence-electron chi connectivity index (χ0n) is 9.94. The summed E-state index contributed by atoms with van der Waals surface area (Å²) in [5.41, 5.74) is 4.00. The van der Waals surface area contributed by atoms with Gasteiger partial charge in [-0.3, -0.25) is 4.68 Å². The molecular weight excluding hydrogens is 236 g/mol. The smallest absolute Gasteiger partial charge is 0.0726 e. The fourth-order valence-corrected chi connectivity index (χ4v) is 1.99. The molecule has 1 aromatic carbocycles. The van der Waals surface area contributed by atoms with Crippen molar-refractivity contribution >= 4 is 11.6 Å². The minimum atomic E-state index is 0.0304. The number of nitrogens with zero attached hydrogens (tertiary/aromatic N) is 2. The highest BCUT2D eigenvalue weighted by atomic mass is 35.5. The van der Waals surface area contributed by atoms with Gasteiger partial charge in [-0.05, 0) is 24.6 Å². The highest BCUT2D eigenvalue weighted by Crippen LogP contribution is 2.18. The normalized spacial score (nSPS) is 10.8. The van der Waals surface area contributed by atoms with E-state index >= 15 is 0 Å². The van der Waals surface area contributed by atoms with E-state index in [4.69, 9.17) is 11.6 Å². The predicted molar refractivity (Wildman–Crippen MR) is 68.1 cm³/mol. The van der Waals surface area contributed by atoms with E-state index in [2.05, 4.69) is 5.10 Å². The Labute approximate surface area is 106 Å². The van der Waals surface area contributed by atoms with E-state index in [0.29, 0.717) is 0 Å². The maximum atomic E-state index is 9.36. The lowest BCUT2D eigenvalue weighted by atomic mass is 10.1. The molecule has 0 bridgehead atoms. The first-order chi connectivity index (χ1) is 8.11. The second kappa shape index (κ2) is 4.90. The number of rotatable bonds is 3. The molecule has 0 aliphatic carbocycles. The molecule has 90 valence electrons. The van der Waals surface area contributed by atoms with Gasteiger partial charge in [-0.25, -0.2) is 0 Å². The van der Waals surface area contributed by atoms with Gasteiger partial charge in [0.15, 0.2) is 0 Å². The van der Waals surface area contributed by atoms with Crippen LogP contribution in [0.4, 0.5) is 0 Å². The molecular formula is C13H15ClN2O. The third-order valence-corrected chi connectivity index (χ3v) is 3.24. The fourth-order valence-electron chi connectivity index (χ4n) is 1.86. The van der Waals surface area contributed by atoms with Crippen LogP contribution in [0.25, 0.3) is 0 Å². The zero-order valence-corrected chi connectivity index (χ0v) is 10.7. The summed E-state index contributed by atoms with van der Waals surface area (Å²) in [6.45, 7) is 1.99. The Hall–Kier alpha value is -1.32. The number of benzene rings is 1. The fraction of sp³-hybridized carbons (Fsp3) is 0.308. The Morgan fingerprint density at radius 1 is 1.29 bits per heavy atom. The third kappa shape index (κ3) is 2.51. The summed E-state index contributed by atoms with van der Waals surface area (Å²) in [7, 11) is 1.89. The molecule has 0 amide bonds. The minimum absolute atomic E-state index is 0.0304. The zero-order chi connectivity index (χ0) is 12.4. The average Bonchev–Trinajstić information content (AvgIpc) is 2.58. The molecule has 1 heterocycles. The molecule has 17 heavy (non-hydrogen) atoms. The van der Waals surface area contributed by atoms with Crippen molar-refractivity contribution in [3.8, 4) is 0 Å². The van der Waals surface area contributed by atoms with E-state index in [0.717, 1.165) is 34.0 Å². The Morgan fingerprint density at radius 2 is 1.94 bits per heavy atom. The molecule has 0 aliphatic rings. The second-order valence-corrected chi connectivity index (χ2v) is 4.53. The maximum absolute atomic E-state index is 9.36. The van der Waals surface area contributed by atoms with Crippen LogP contribution in [0.3, 0.4) is 0 Å². The van der Waals surface area contributed by atoms with E-state index in [1.165, 1.54) is 0 Å². The number of aliphatic hydroxyl groups is 1. The van der Waals surface area contributed by atoms with Crippen LogP contribution < -0.4 is 0 Å². The topological polar surface area (TPSA) is 38.1 Å². The predicted octanol–water partition coefficient (Wildman–Crippen LogP) is 2.47. The molecule has 2 aromatic rings. The highest BCUT2D eigenvalue weighted by molar-refractivity contribution is 6.30. The number of halogens is 1. The quantitative estimate of drug-likeness (QED) is 0.909. The van der Waals surface area contributed by atoms with E-state index < -0.39 is 0 Å². The van der Waals surface area contributed by atoms with Crippen molar-refractivity contribution in [3.63, 3.8) is 0 Å². The molecule has 3 nitrogen and oxygen atoms in total. The molecule has 0 radical (unpaired) electrons. The van der Waals surface area contributed by atoms with Crippen LogP contribution in [0.1, 0.15) is 22.5 Å². The van der Waals surface area contributed by atoms with Crippen molar-refractivity contribution in [3.05, 3.63) is 51.8 Å². The SMILES string of the molecule is Cc1c(CO)c(Cc2ccc(Cl)cc2)nn1C. The molecule has 0 atom stereocenters. The third-order valence-electron chi connectivity index (χ3n) is 2.98. The van der Waals surface area contributed by atoms with Gasteiger partial charge in [-0.1, -0.05) is 23.7 Å². The highest BCUT2D eigenvalue weighted by Gasteiger charge is 2.12. The summed E-state index contributed by atoms with van der Waals surface area (Å²) >= 11 is 5.84. The summed E-state index contributed by atoms with van der Waals surface area (Å²) < 4.78 is 1.80. The molecule has 0 saturated heterocycles. The Bertz CT molecular complexity index is 517. The van der Waals surface area contributed by atoms with Gasteiger partial charge in [0.05, 0.1) is 12.3 Å². The first-order valence-electron chi connectivity index (χ1n) is 5.48. The largest absolute Gasteiger partial charge is 0.392 e. The standard InChI is InChI=1S/C13H15ClN2O/c1-9-12(8-17)13(15-16(9)2)7-10-3-5-11(14)6-4-10/h3-6,17H,7-8H2,1-2H3. The van der Waals surface area contributed by atoms with E-state index in [1.807, 2.05) is 38.2 Å². The first-order valence-corrected chi connectivity index (χ1v) is 5.86. The van der Waals surface area contributed by atoms with Gasteiger partial charge in [0.25, 0.3) is 0 Å². The lowest BCUT2D eigenvalue weighted by Gasteiger charge is -2.01. The summed E-state index contributed by atoms with van der Waals surface area (Å²) in [5, 5.41) is 14.5. The Morgan fingerprint density at radius 3 is 2.53 bits per heavy atom. The average molecular weight is 251 g/mol. The summed E-state index contributed by atoms with van der Waals surface area (Å²) in [6.07, 6.45) is 0.717. The van der Waals surface area contributed by atoms with Crippen LogP contribution in [0.5, 0.6) is 0 Å². The second-order valence-electron chi connectivity index (χ2n) is 4.10. The van der Waals surface area contributed by atoms with Crippen LogP contribution in [0.15, 0.2) is 24.3 Å². The van der Waals surface area contributed by atoms with Gasteiger partial charge in [-0.2, -0.15) is 5.10 Å². The molecule has 0 fully saturated rings. The van der Waals surface area contributed by atoms with E-state index in [-0.39, 0.29) is 6.61 Å². The summed E-state index contributed by atoms with van der Waals surface area (Å²) in [4.78, 5) is 0. The van der Waals surface area contributed by atoms with Gasteiger partial charge in [0.2, 0.25) is 0 Å². The number of aromatic nitrogens is 2. The monoisotopic (exact) mass is 250 g/mol. The van der Waals surface area contributed by atoms with Crippen LogP contribution in [0.2, 0.25) is 5.02 Å². The molecule has 1 N–H and O–H groups in total. The minimum Gasteiger partial charge on any atom is -0.392 e. The molecule has 0 spiro atoms. The number of hydrogen-bond acceptors (Lipinski definition) is 2. The molecule has 0 aliphatic heterocycles. The van der Waals surface area contributed by atoms with Crippen LogP contribution in [0, 0.1) is 6.92 Å². The van der Waals surface area contributed by atoms with Crippen LogP contribution in [-0.2, 0) is 20.1 Å². The molecule has 0 saturated carbocycles. The van der Waals surface area contributed by atoms with Gasteiger partial charge in [0, 0.05) is 29.7 Å². The van der Waals surface area contributed by atoms with Crippen molar-refractivity contribution in [2.45, 2.75) is 20.0 Å². The first kappa shape index (κ1) is 12.1. The number of aryl methyl sites for hydroxylation is 1. The number of hydrogen-bond donors (Lipinski definition) is 1. The van der Waals surface area contributed by atoms with Crippen LogP contribution >= 0.6 is 11.6 Å². The van der Waals surface area contributed by atoms with Crippen molar-refractivity contribution in [2.24, 2.45) is 7.05 Å².